The lowest BCUT2D eigenvalue weighted by molar-refractivity contribution is -0.138. The van der Waals surface area contributed by atoms with Crippen LogP contribution in [0.4, 0.5) is 10.8 Å². The van der Waals surface area contributed by atoms with Crippen LogP contribution in [-0.4, -0.2) is 28.0 Å². The average molecular weight is 291 g/mol. The van der Waals surface area contributed by atoms with Crippen LogP contribution in [0.1, 0.15) is 17.3 Å². The van der Waals surface area contributed by atoms with Gasteiger partial charge in [0.15, 0.2) is 5.13 Å². The van der Waals surface area contributed by atoms with E-state index in [1.807, 2.05) is 5.38 Å². The van der Waals surface area contributed by atoms with E-state index in [0.717, 1.165) is 10.8 Å². The Bertz CT molecular complexity index is 613. The SMILES string of the molecule is CC(NC(=O)c1cccc(Nc2nccs2)c1)C(=O)O. The summed E-state index contributed by atoms with van der Waals surface area (Å²) >= 11 is 1.45. The second-order valence-electron chi connectivity index (χ2n) is 4.08. The molecular weight excluding hydrogens is 278 g/mol. The molecule has 0 saturated heterocycles. The Morgan fingerprint density at radius 3 is 2.85 bits per heavy atom. The number of hydrogen-bond donors (Lipinski definition) is 3. The Morgan fingerprint density at radius 1 is 1.40 bits per heavy atom. The van der Waals surface area contributed by atoms with E-state index in [2.05, 4.69) is 15.6 Å². The van der Waals surface area contributed by atoms with Gasteiger partial charge in [0, 0.05) is 22.8 Å². The van der Waals surface area contributed by atoms with Gasteiger partial charge in [0.1, 0.15) is 6.04 Å². The first-order valence-electron chi connectivity index (χ1n) is 5.86. The first kappa shape index (κ1) is 14.0. The van der Waals surface area contributed by atoms with Gasteiger partial charge in [0.2, 0.25) is 0 Å². The fourth-order valence-corrected chi connectivity index (χ4v) is 2.04. The molecule has 1 unspecified atom stereocenters. The highest BCUT2D eigenvalue weighted by atomic mass is 32.1. The van der Waals surface area contributed by atoms with E-state index in [1.165, 1.54) is 18.3 Å². The second kappa shape index (κ2) is 6.16. The third kappa shape index (κ3) is 3.55. The lowest BCUT2D eigenvalue weighted by Crippen LogP contribution is -2.38. The number of aromatic nitrogens is 1. The van der Waals surface area contributed by atoms with E-state index >= 15 is 0 Å². The minimum Gasteiger partial charge on any atom is -0.480 e. The van der Waals surface area contributed by atoms with E-state index in [0.29, 0.717) is 5.56 Å². The topological polar surface area (TPSA) is 91.3 Å². The molecule has 1 aromatic carbocycles. The normalized spacial score (nSPS) is 11.7. The third-order valence-electron chi connectivity index (χ3n) is 2.53. The van der Waals surface area contributed by atoms with Gasteiger partial charge in [0.05, 0.1) is 0 Å². The van der Waals surface area contributed by atoms with Crippen molar-refractivity contribution >= 4 is 34.0 Å². The fourth-order valence-electron chi connectivity index (χ4n) is 1.49. The van der Waals surface area contributed by atoms with Gasteiger partial charge >= 0.3 is 5.97 Å². The number of carboxylic acids is 1. The zero-order valence-corrected chi connectivity index (χ0v) is 11.5. The van der Waals surface area contributed by atoms with Gasteiger partial charge in [-0.15, -0.1) is 11.3 Å². The van der Waals surface area contributed by atoms with E-state index in [1.54, 1.807) is 30.5 Å². The largest absolute Gasteiger partial charge is 0.480 e. The van der Waals surface area contributed by atoms with Crippen LogP contribution in [0.15, 0.2) is 35.8 Å². The number of rotatable bonds is 5. The van der Waals surface area contributed by atoms with E-state index in [4.69, 9.17) is 5.11 Å². The molecule has 0 fully saturated rings. The molecule has 0 radical (unpaired) electrons. The average Bonchev–Trinajstić information content (AvgIpc) is 2.91. The lowest BCUT2D eigenvalue weighted by atomic mass is 10.1. The molecule has 0 aliphatic rings. The zero-order chi connectivity index (χ0) is 14.5. The lowest BCUT2D eigenvalue weighted by Gasteiger charge is -2.10. The maximum atomic E-state index is 11.9. The van der Waals surface area contributed by atoms with Gasteiger partial charge in [-0.05, 0) is 25.1 Å². The van der Waals surface area contributed by atoms with Crippen LogP contribution in [0.2, 0.25) is 0 Å². The molecule has 0 spiro atoms. The summed E-state index contributed by atoms with van der Waals surface area (Å²) in [5, 5.41) is 16.8. The third-order valence-corrected chi connectivity index (χ3v) is 3.21. The first-order valence-corrected chi connectivity index (χ1v) is 6.74. The Balaban J connectivity index is 2.09. The number of aliphatic carboxylic acids is 1. The van der Waals surface area contributed by atoms with Crippen molar-refractivity contribution in [2.24, 2.45) is 0 Å². The van der Waals surface area contributed by atoms with Crippen LogP contribution in [0.25, 0.3) is 0 Å². The van der Waals surface area contributed by atoms with Gasteiger partial charge < -0.3 is 15.7 Å². The van der Waals surface area contributed by atoms with Crippen molar-refractivity contribution < 1.29 is 14.7 Å². The number of nitrogens with zero attached hydrogens (tertiary/aromatic N) is 1. The number of benzene rings is 1. The van der Waals surface area contributed by atoms with Crippen LogP contribution in [0.5, 0.6) is 0 Å². The van der Waals surface area contributed by atoms with Crippen LogP contribution in [0.3, 0.4) is 0 Å². The Labute approximate surface area is 119 Å². The molecule has 3 N–H and O–H groups in total. The minimum atomic E-state index is -1.07. The number of carbonyl (C=O) groups excluding carboxylic acids is 1. The Hall–Kier alpha value is -2.41. The van der Waals surface area contributed by atoms with Gasteiger partial charge in [-0.2, -0.15) is 0 Å². The van der Waals surface area contributed by atoms with Crippen molar-refractivity contribution in [3.63, 3.8) is 0 Å². The van der Waals surface area contributed by atoms with Crippen LogP contribution >= 0.6 is 11.3 Å². The summed E-state index contributed by atoms with van der Waals surface area (Å²) in [7, 11) is 0. The first-order chi connectivity index (χ1) is 9.56. The molecule has 2 rings (SSSR count). The smallest absolute Gasteiger partial charge is 0.325 e. The summed E-state index contributed by atoms with van der Waals surface area (Å²) < 4.78 is 0. The maximum Gasteiger partial charge on any atom is 0.325 e. The number of anilines is 2. The monoisotopic (exact) mass is 291 g/mol. The summed E-state index contributed by atoms with van der Waals surface area (Å²) in [6.07, 6.45) is 1.68. The molecule has 0 saturated carbocycles. The number of carbonyl (C=O) groups is 2. The van der Waals surface area contributed by atoms with Gasteiger partial charge in [0.25, 0.3) is 5.91 Å². The molecule has 104 valence electrons. The van der Waals surface area contributed by atoms with Gasteiger partial charge in [-0.1, -0.05) is 6.07 Å². The fraction of sp³-hybridized carbons (Fsp3) is 0.154. The molecule has 2 aromatic rings. The molecule has 0 aliphatic carbocycles. The standard InChI is InChI=1S/C13H13N3O3S/c1-8(12(18)19)15-11(17)9-3-2-4-10(7-9)16-13-14-5-6-20-13/h2-8H,1H3,(H,14,16)(H,15,17)(H,18,19). The van der Waals surface area contributed by atoms with Crippen LogP contribution < -0.4 is 10.6 Å². The molecule has 0 bridgehead atoms. The molecule has 7 heteroatoms. The highest BCUT2D eigenvalue weighted by Crippen LogP contribution is 2.19. The van der Waals surface area contributed by atoms with Crippen molar-refractivity contribution in [3.05, 3.63) is 41.4 Å². The van der Waals surface area contributed by atoms with E-state index in [-0.39, 0.29) is 0 Å². The van der Waals surface area contributed by atoms with Crippen molar-refractivity contribution in [3.8, 4) is 0 Å². The van der Waals surface area contributed by atoms with E-state index in [9.17, 15) is 9.59 Å². The summed E-state index contributed by atoms with van der Waals surface area (Å²) in [5.74, 6) is -1.50. The predicted octanol–water partition coefficient (Wildman–Crippen LogP) is 2.09. The molecule has 6 nitrogen and oxygen atoms in total. The second-order valence-corrected chi connectivity index (χ2v) is 4.97. The summed E-state index contributed by atoms with van der Waals surface area (Å²) in [6.45, 7) is 1.41. The van der Waals surface area contributed by atoms with Gasteiger partial charge in [-0.3, -0.25) is 9.59 Å². The number of carboxylic acid groups (broad SMARTS) is 1. The summed E-state index contributed by atoms with van der Waals surface area (Å²) in [4.78, 5) is 26.7. The predicted molar refractivity (Wildman–Crippen MR) is 76.4 cm³/mol. The van der Waals surface area contributed by atoms with Crippen molar-refractivity contribution in [2.45, 2.75) is 13.0 Å². The Kier molecular flexibility index (Phi) is 4.31. The molecule has 20 heavy (non-hydrogen) atoms. The van der Waals surface area contributed by atoms with Crippen LogP contribution in [-0.2, 0) is 4.79 Å². The molecule has 1 atom stereocenters. The number of amides is 1. The zero-order valence-electron chi connectivity index (χ0n) is 10.7. The van der Waals surface area contributed by atoms with Crippen molar-refractivity contribution in [1.82, 2.24) is 10.3 Å². The molecule has 1 heterocycles. The molecule has 1 aromatic heterocycles. The molecule has 0 aliphatic heterocycles. The quantitative estimate of drug-likeness (QED) is 0.784. The number of nitrogens with one attached hydrogen (secondary N) is 2. The Morgan fingerprint density at radius 2 is 2.20 bits per heavy atom. The summed E-state index contributed by atoms with van der Waals surface area (Å²) in [5.41, 5.74) is 1.11. The number of hydrogen-bond acceptors (Lipinski definition) is 5. The van der Waals surface area contributed by atoms with Crippen molar-refractivity contribution in [1.29, 1.82) is 0 Å². The van der Waals surface area contributed by atoms with E-state index < -0.39 is 17.9 Å². The highest BCUT2D eigenvalue weighted by molar-refractivity contribution is 7.13. The number of thiazole rings is 1. The summed E-state index contributed by atoms with van der Waals surface area (Å²) in [6, 6.07) is 5.86. The molecular formula is C13H13N3O3S. The minimum absolute atomic E-state index is 0.389. The van der Waals surface area contributed by atoms with Crippen molar-refractivity contribution in [2.75, 3.05) is 5.32 Å². The highest BCUT2D eigenvalue weighted by Gasteiger charge is 2.15. The van der Waals surface area contributed by atoms with Crippen LogP contribution in [0, 0.1) is 0 Å². The maximum absolute atomic E-state index is 11.9. The molecule has 1 amide bonds. The van der Waals surface area contributed by atoms with Gasteiger partial charge in [-0.25, -0.2) is 4.98 Å².